The van der Waals surface area contributed by atoms with Crippen molar-refractivity contribution >= 4 is 17.4 Å². The third kappa shape index (κ3) is 4.70. The molecule has 22 heavy (non-hydrogen) atoms. The number of rotatable bonds is 6. The van der Waals surface area contributed by atoms with Crippen LogP contribution in [-0.4, -0.2) is 23.7 Å². The van der Waals surface area contributed by atoms with Crippen molar-refractivity contribution in [2.45, 2.75) is 26.0 Å². The Labute approximate surface area is 132 Å². The van der Waals surface area contributed by atoms with Crippen LogP contribution in [-0.2, 0) is 0 Å². The number of halogens is 1. The van der Waals surface area contributed by atoms with Gasteiger partial charge >= 0.3 is 6.03 Å². The number of nitrogens with one attached hydrogen (secondary N) is 2. The van der Waals surface area contributed by atoms with Gasteiger partial charge in [-0.05, 0) is 26.0 Å². The number of nitrogens with zero attached hydrogens (tertiary/aromatic N) is 1. The lowest BCUT2D eigenvalue weighted by Gasteiger charge is -2.17. The lowest BCUT2D eigenvalue weighted by atomic mass is 10.3. The summed E-state index contributed by atoms with van der Waals surface area (Å²) in [6.07, 6.45) is 1.35. The number of aromatic nitrogens is 1. The first-order valence-electron chi connectivity index (χ1n) is 6.91. The van der Waals surface area contributed by atoms with Crippen molar-refractivity contribution in [2.24, 2.45) is 0 Å². The van der Waals surface area contributed by atoms with E-state index >= 15 is 0 Å². The molecule has 5 nitrogen and oxygen atoms in total. The quantitative estimate of drug-likeness (QED) is 0.858. The Bertz CT molecular complexity index is 607. The van der Waals surface area contributed by atoms with Gasteiger partial charge in [-0.25, -0.2) is 14.2 Å². The van der Waals surface area contributed by atoms with E-state index in [0.29, 0.717) is 0 Å². The Morgan fingerprint density at radius 3 is 2.86 bits per heavy atom. The molecule has 2 rings (SSSR count). The summed E-state index contributed by atoms with van der Waals surface area (Å²) < 4.78 is 18.9. The molecule has 1 heterocycles. The van der Waals surface area contributed by atoms with Crippen LogP contribution in [0.4, 0.5) is 9.18 Å². The highest BCUT2D eigenvalue weighted by molar-refractivity contribution is 7.09. The van der Waals surface area contributed by atoms with E-state index in [1.807, 2.05) is 12.3 Å². The van der Waals surface area contributed by atoms with E-state index in [4.69, 9.17) is 4.74 Å². The van der Waals surface area contributed by atoms with E-state index in [1.165, 1.54) is 17.4 Å². The molecule has 1 aromatic carbocycles. The molecule has 0 saturated heterocycles. The van der Waals surface area contributed by atoms with Gasteiger partial charge < -0.3 is 15.4 Å². The highest BCUT2D eigenvalue weighted by atomic mass is 32.1. The first kappa shape index (κ1) is 16.2. The number of ether oxygens (including phenoxy) is 1. The van der Waals surface area contributed by atoms with E-state index in [-0.39, 0.29) is 30.5 Å². The fraction of sp³-hybridized carbons (Fsp3) is 0.333. The summed E-state index contributed by atoms with van der Waals surface area (Å²) in [4.78, 5) is 15.9. The molecule has 2 amide bonds. The molecule has 2 atom stereocenters. The van der Waals surface area contributed by atoms with Crippen LogP contribution in [0, 0.1) is 5.82 Å². The minimum absolute atomic E-state index is 0.164. The van der Waals surface area contributed by atoms with E-state index in [2.05, 4.69) is 15.6 Å². The molecular formula is C15H18FN3O2S. The molecule has 7 heteroatoms. The minimum atomic E-state index is -0.420. The van der Waals surface area contributed by atoms with Crippen molar-refractivity contribution < 1.29 is 13.9 Å². The van der Waals surface area contributed by atoms with Crippen LogP contribution >= 0.6 is 11.3 Å². The number of para-hydroxylation sites is 1. The van der Waals surface area contributed by atoms with Gasteiger partial charge in [-0.15, -0.1) is 11.3 Å². The van der Waals surface area contributed by atoms with Gasteiger partial charge in [-0.1, -0.05) is 12.1 Å². The van der Waals surface area contributed by atoms with Gasteiger partial charge in [-0.3, -0.25) is 0 Å². The Hall–Kier alpha value is -2.15. The predicted octanol–water partition coefficient (Wildman–Crippen LogP) is 3.11. The number of benzene rings is 1. The van der Waals surface area contributed by atoms with E-state index in [1.54, 1.807) is 31.3 Å². The van der Waals surface area contributed by atoms with Crippen molar-refractivity contribution in [1.29, 1.82) is 0 Å². The van der Waals surface area contributed by atoms with Crippen LogP contribution < -0.4 is 15.4 Å². The summed E-state index contributed by atoms with van der Waals surface area (Å²) in [6.45, 7) is 3.89. The molecule has 0 aliphatic carbocycles. The summed E-state index contributed by atoms with van der Waals surface area (Å²) >= 11 is 1.48. The molecule has 0 bridgehead atoms. The molecule has 118 valence electrons. The number of hydrogen-bond acceptors (Lipinski definition) is 4. The Morgan fingerprint density at radius 1 is 1.41 bits per heavy atom. The van der Waals surface area contributed by atoms with Gasteiger partial charge in [0.25, 0.3) is 0 Å². The number of hydrogen-bond donors (Lipinski definition) is 2. The Balaban J connectivity index is 1.75. The summed E-state index contributed by atoms with van der Waals surface area (Å²) in [7, 11) is 0. The zero-order valence-electron chi connectivity index (χ0n) is 12.4. The monoisotopic (exact) mass is 323 g/mol. The highest BCUT2D eigenvalue weighted by Gasteiger charge is 2.13. The van der Waals surface area contributed by atoms with Crippen LogP contribution in [0.5, 0.6) is 5.75 Å². The zero-order chi connectivity index (χ0) is 15.9. The minimum Gasteiger partial charge on any atom is -0.486 e. The number of thiazole rings is 1. The zero-order valence-corrected chi connectivity index (χ0v) is 13.2. The van der Waals surface area contributed by atoms with E-state index < -0.39 is 5.82 Å². The van der Waals surface area contributed by atoms with Gasteiger partial charge in [-0.2, -0.15) is 0 Å². The fourth-order valence-corrected chi connectivity index (χ4v) is 2.44. The molecule has 0 fully saturated rings. The molecule has 0 spiro atoms. The third-order valence-corrected chi connectivity index (χ3v) is 3.84. The van der Waals surface area contributed by atoms with Crippen LogP contribution in [0.25, 0.3) is 0 Å². The number of carbonyl (C=O) groups excluding carboxylic acids is 1. The third-order valence-electron chi connectivity index (χ3n) is 2.88. The molecule has 2 aromatic rings. The van der Waals surface area contributed by atoms with Gasteiger partial charge in [0.2, 0.25) is 0 Å². The van der Waals surface area contributed by atoms with Crippen LogP contribution in [0.1, 0.15) is 24.9 Å². The average Bonchev–Trinajstić information content (AvgIpc) is 3.02. The Kier molecular flexibility index (Phi) is 5.71. The van der Waals surface area contributed by atoms with Crippen LogP contribution in [0.2, 0.25) is 0 Å². The predicted molar refractivity (Wildman–Crippen MR) is 83.6 cm³/mol. The molecule has 0 aliphatic heterocycles. The summed E-state index contributed by atoms with van der Waals surface area (Å²) in [5, 5.41) is 8.17. The maximum Gasteiger partial charge on any atom is 0.315 e. The van der Waals surface area contributed by atoms with Gasteiger partial charge in [0, 0.05) is 11.6 Å². The van der Waals surface area contributed by atoms with Crippen molar-refractivity contribution in [1.82, 2.24) is 15.6 Å². The molecule has 0 saturated carbocycles. The number of amides is 2. The maximum absolute atomic E-state index is 13.4. The molecule has 0 radical (unpaired) electrons. The van der Waals surface area contributed by atoms with Crippen molar-refractivity contribution in [2.75, 3.05) is 6.54 Å². The lowest BCUT2D eigenvalue weighted by Crippen LogP contribution is -2.41. The van der Waals surface area contributed by atoms with Gasteiger partial charge in [0.05, 0.1) is 12.6 Å². The smallest absolute Gasteiger partial charge is 0.315 e. The first-order chi connectivity index (χ1) is 10.6. The van der Waals surface area contributed by atoms with E-state index in [9.17, 15) is 9.18 Å². The van der Waals surface area contributed by atoms with Crippen molar-refractivity contribution in [3.8, 4) is 5.75 Å². The molecular weight excluding hydrogens is 305 g/mol. The average molecular weight is 323 g/mol. The van der Waals surface area contributed by atoms with Crippen molar-refractivity contribution in [3.05, 3.63) is 46.7 Å². The maximum atomic E-state index is 13.4. The fourth-order valence-electron chi connectivity index (χ4n) is 1.79. The topological polar surface area (TPSA) is 63.2 Å². The SMILES string of the molecule is C[C@H](CNC(=O)N[C@H](C)c1nccs1)Oc1ccccc1F. The molecule has 2 N–H and O–H groups in total. The Morgan fingerprint density at radius 2 is 2.18 bits per heavy atom. The summed E-state index contributed by atoms with van der Waals surface area (Å²) in [5.74, 6) is -0.246. The normalized spacial score (nSPS) is 13.2. The number of carbonyl (C=O) groups is 1. The highest BCUT2D eigenvalue weighted by Crippen LogP contribution is 2.17. The summed E-state index contributed by atoms with van der Waals surface area (Å²) in [6, 6.07) is 5.70. The standard InChI is InChI=1S/C15H18FN3O2S/c1-10(21-13-6-4-3-5-12(13)16)9-18-15(20)19-11(2)14-17-7-8-22-14/h3-8,10-11H,9H2,1-2H3,(H2,18,19,20)/t10-,11-/m1/s1. The second-order valence-corrected chi connectivity index (χ2v) is 5.73. The van der Waals surface area contributed by atoms with Crippen LogP contribution in [0.3, 0.4) is 0 Å². The molecule has 1 aromatic heterocycles. The van der Waals surface area contributed by atoms with Gasteiger partial charge in [0.15, 0.2) is 11.6 Å². The van der Waals surface area contributed by atoms with Crippen molar-refractivity contribution in [3.63, 3.8) is 0 Å². The largest absolute Gasteiger partial charge is 0.486 e. The first-order valence-corrected chi connectivity index (χ1v) is 7.79. The van der Waals surface area contributed by atoms with E-state index in [0.717, 1.165) is 5.01 Å². The second-order valence-electron chi connectivity index (χ2n) is 4.81. The number of urea groups is 1. The lowest BCUT2D eigenvalue weighted by molar-refractivity contribution is 0.200. The molecule has 0 aliphatic rings. The second kappa shape index (κ2) is 7.74. The summed E-state index contributed by atoms with van der Waals surface area (Å²) in [5.41, 5.74) is 0. The van der Waals surface area contributed by atoms with Crippen LogP contribution in [0.15, 0.2) is 35.8 Å². The van der Waals surface area contributed by atoms with Gasteiger partial charge in [0.1, 0.15) is 11.1 Å². The molecule has 0 unspecified atom stereocenters.